The van der Waals surface area contributed by atoms with Gasteiger partial charge in [-0.2, -0.15) is 13.2 Å². The number of alkyl halides is 3. The number of halogens is 3. The molecule has 1 unspecified atom stereocenters. The molecule has 9 heteroatoms. The van der Waals surface area contributed by atoms with E-state index in [1.807, 2.05) is 7.05 Å². The normalized spacial score (nSPS) is 19.2. The van der Waals surface area contributed by atoms with Gasteiger partial charge in [-0.1, -0.05) is 6.07 Å². The van der Waals surface area contributed by atoms with Crippen LogP contribution in [-0.4, -0.2) is 62.9 Å². The van der Waals surface area contributed by atoms with E-state index in [1.165, 1.54) is 6.07 Å². The second-order valence-corrected chi connectivity index (χ2v) is 8.09. The van der Waals surface area contributed by atoms with Crippen LogP contribution in [0.25, 0.3) is 0 Å². The SMILES string of the molecule is CN=C(NCc1ccc(OC(C)(C)C)cc1C(F)(F)F)NCC1CN(C)CCO1. The molecule has 0 amide bonds. The maximum atomic E-state index is 13.5. The van der Waals surface area contributed by atoms with Gasteiger partial charge in [-0.3, -0.25) is 4.99 Å². The zero-order valence-electron chi connectivity index (χ0n) is 17.7. The molecule has 1 fully saturated rings. The van der Waals surface area contributed by atoms with Crippen molar-refractivity contribution < 1.29 is 22.6 Å². The number of morpholine rings is 1. The number of nitrogens with zero attached hydrogens (tertiary/aromatic N) is 2. The summed E-state index contributed by atoms with van der Waals surface area (Å²) < 4.78 is 51.9. The molecule has 29 heavy (non-hydrogen) atoms. The number of hydrogen-bond acceptors (Lipinski definition) is 4. The van der Waals surface area contributed by atoms with E-state index in [-0.39, 0.29) is 24.0 Å². The zero-order valence-corrected chi connectivity index (χ0v) is 17.7. The minimum Gasteiger partial charge on any atom is -0.488 e. The lowest BCUT2D eigenvalue weighted by Crippen LogP contribution is -2.48. The Morgan fingerprint density at radius 3 is 2.59 bits per heavy atom. The van der Waals surface area contributed by atoms with E-state index in [1.54, 1.807) is 33.9 Å². The highest BCUT2D eigenvalue weighted by Gasteiger charge is 2.34. The summed E-state index contributed by atoms with van der Waals surface area (Å²) in [6.45, 7) is 8.21. The molecule has 164 valence electrons. The average molecular weight is 416 g/mol. The van der Waals surface area contributed by atoms with Gasteiger partial charge in [0.1, 0.15) is 11.4 Å². The molecule has 0 spiro atoms. The molecule has 1 atom stereocenters. The molecule has 1 heterocycles. The van der Waals surface area contributed by atoms with Crippen molar-refractivity contribution in [3.8, 4) is 5.75 Å². The van der Waals surface area contributed by atoms with Crippen molar-refractivity contribution in [1.82, 2.24) is 15.5 Å². The van der Waals surface area contributed by atoms with Crippen LogP contribution >= 0.6 is 0 Å². The molecule has 1 aromatic carbocycles. The van der Waals surface area contributed by atoms with Gasteiger partial charge in [0.2, 0.25) is 0 Å². The summed E-state index contributed by atoms with van der Waals surface area (Å²) in [4.78, 5) is 6.25. The highest BCUT2D eigenvalue weighted by Crippen LogP contribution is 2.35. The molecule has 1 aromatic rings. The van der Waals surface area contributed by atoms with E-state index in [9.17, 15) is 13.2 Å². The highest BCUT2D eigenvalue weighted by atomic mass is 19.4. The third kappa shape index (κ3) is 7.74. The summed E-state index contributed by atoms with van der Waals surface area (Å²) in [6.07, 6.45) is -4.47. The minimum absolute atomic E-state index is 0.00636. The standard InChI is InChI=1S/C20H31F3N4O2/c1-19(2,3)29-15-7-6-14(17(10-15)20(21,22)23)11-25-18(24-4)26-12-16-13-27(5)8-9-28-16/h6-7,10,16H,8-9,11-13H2,1-5H3,(H2,24,25,26). The maximum Gasteiger partial charge on any atom is 0.416 e. The van der Waals surface area contributed by atoms with Gasteiger partial charge in [-0.15, -0.1) is 0 Å². The third-order valence-electron chi connectivity index (χ3n) is 4.32. The molecule has 1 saturated heterocycles. The molecular formula is C20H31F3N4O2. The topological polar surface area (TPSA) is 58.1 Å². The minimum atomic E-state index is -4.48. The van der Waals surface area contributed by atoms with Crippen molar-refractivity contribution in [2.75, 3.05) is 40.3 Å². The largest absolute Gasteiger partial charge is 0.488 e. The number of guanidine groups is 1. The van der Waals surface area contributed by atoms with Crippen molar-refractivity contribution in [1.29, 1.82) is 0 Å². The number of benzene rings is 1. The monoisotopic (exact) mass is 416 g/mol. The Bertz CT molecular complexity index is 702. The lowest BCUT2D eigenvalue weighted by Gasteiger charge is -2.30. The maximum absolute atomic E-state index is 13.5. The van der Waals surface area contributed by atoms with Gasteiger partial charge in [-0.25, -0.2) is 0 Å². The molecule has 2 N–H and O–H groups in total. The van der Waals surface area contributed by atoms with E-state index in [2.05, 4.69) is 20.5 Å². The van der Waals surface area contributed by atoms with Crippen LogP contribution in [-0.2, 0) is 17.5 Å². The summed E-state index contributed by atoms with van der Waals surface area (Å²) >= 11 is 0. The van der Waals surface area contributed by atoms with E-state index >= 15 is 0 Å². The van der Waals surface area contributed by atoms with Gasteiger partial charge in [-0.05, 0) is 45.5 Å². The molecule has 0 aromatic heterocycles. The average Bonchev–Trinajstić information content (AvgIpc) is 2.60. The van der Waals surface area contributed by atoms with E-state index in [0.29, 0.717) is 19.1 Å². The summed E-state index contributed by atoms with van der Waals surface area (Å²) in [5.74, 6) is 0.611. The quantitative estimate of drug-likeness (QED) is 0.571. The fourth-order valence-electron chi connectivity index (χ4n) is 2.99. The van der Waals surface area contributed by atoms with E-state index < -0.39 is 17.3 Å². The third-order valence-corrected chi connectivity index (χ3v) is 4.32. The number of ether oxygens (including phenoxy) is 2. The predicted molar refractivity (Wildman–Crippen MR) is 107 cm³/mol. The number of hydrogen-bond donors (Lipinski definition) is 2. The van der Waals surface area contributed by atoms with Gasteiger partial charge in [0, 0.05) is 33.2 Å². The Morgan fingerprint density at radius 2 is 2.00 bits per heavy atom. The molecule has 0 radical (unpaired) electrons. The van der Waals surface area contributed by atoms with E-state index in [4.69, 9.17) is 9.47 Å². The van der Waals surface area contributed by atoms with E-state index in [0.717, 1.165) is 19.2 Å². The second-order valence-electron chi connectivity index (χ2n) is 8.09. The van der Waals surface area contributed by atoms with Crippen molar-refractivity contribution >= 4 is 5.96 Å². The highest BCUT2D eigenvalue weighted by molar-refractivity contribution is 5.79. The predicted octanol–water partition coefficient (Wildman–Crippen LogP) is 2.88. The van der Waals surface area contributed by atoms with Crippen LogP contribution in [0, 0.1) is 0 Å². The molecule has 1 aliphatic heterocycles. The molecule has 2 rings (SSSR count). The Hall–Kier alpha value is -2.00. The molecule has 1 aliphatic rings. The Labute approximate surface area is 170 Å². The summed E-state index contributed by atoms with van der Waals surface area (Å²) in [5, 5.41) is 6.06. The Morgan fingerprint density at radius 1 is 1.28 bits per heavy atom. The van der Waals surface area contributed by atoms with Gasteiger partial charge in [0.15, 0.2) is 5.96 Å². The number of aliphatic imine (C=N–C) groups is 1. The van der Waals surface area contributed by atoms with Crippen LogP contribution < -0.4 is 15.4 Å². The summed E-state index contributed by atoms with van der Waals surface area (Å²) in [6, 6.07) is 4.03. The first-order valence-corrected chi connectivity index (χ1v) is 9.62. The van der Waals surface area contributed by atoms with Gasteiger partial charge in [0.05, 0.1) is 18.3 Å². The van der Waals surface area contributed by atoms with Crippen molar-refractivity contribution in [3.63, 3.8) is 0 Å². The van der Waals surface area contributed by atoms with Crippen molar-refractivity contribution in [2.45, 2.75) is 45.2 Å². The molecular weight excluding hydrogens is 385 g/mol. The van der Waals surface area contributed by atoms with Crippen molar-refractivity contribution in [2.24, 2.45) is 4.99 Å². The van der Waals surface area contributed by atoms with Crippen molar-refractivity contribution in [3.05, 3.63) is 29.3 Å². The zero-order chi connectivity index (χ0) is 21.7. The fourth-order valence-corrected chi connectivity index (χ4v) is 2.99. The number of rotatable bonds is 5. The van der Waals surface area contributed by atoms with Gasteiger partial charge < -0.3 is 25.0 Å². The smallest absolute Gasteiger partial charge is 0.416 e. The van der Waals surface area contributed by atoms with Crippen LogP contribution in [0.5, 0.6) is 5.75 Å². The molecule has 0 bridgehead atoms. The summed E-state index contributed by atoms with van der Waals surface area (Å²) in [5.41, 5.74) is -1.18. The second kappa shape index (κ2) is 9.67. The number of nitrogens with one attached hydrogen (secondary N) is 2. The Balaban J connectivity index is 2.01. The Kier molecular flexibility index (Phi) is 7.76. The van der Waals surface area contributed by atoms with Crippen LogP contribution in [0.2, 0.25) is 0 Å². The van der Waals surface area contributed by atoms with Crippen LogP contribution in [0.1, 0.15) is 31.9 Å². The van der Waals surface area contributed by atoms with Crippen LogP contribution in [0.4, 0.5) is 13.2 Å². The lowest BCUT2D eigenvalue weighted by atomic mass is 10.1. The molecule has 6 nitrogen and oxygen atoms in total. The van der Waals surface area contributed by atoms with Crippen LogP contribution in [0.15, 0.2) is 23.2 Å². The molecule has 0 aliphatic carbocycles. The first-order valence-electron chi connectivity index (χ1n) is 9.62. The fraction of sp³-hybridized carbons (Fsp3) is 0.650. The first kappa shape index (κ1) is 23.3. The number of likely N-dealkylation sites (N-methyl/N-ethyl adjacent to an activating group) is 1. The van der Waals surface area contributed by atoms with Gasteiger partial charge in [0.25, 0.3) is 0 Å². The van der Waals surface area contributed by atoms with Gasteiger partial charge >= 0.3 is 6.18 Å². The summed E-state index contributed by atoms with van der Waals surface area (Å²) in [7, 11) is 3.60. The van der Waals surface area contributed by atoms with Crippen LogP contribution in [0.3, 0.4) is 0 Å². The molecule has 0 saturated carbocycles. The first-order chi connectivity index (χ1) is 13.5. The lowest BCUT2D eigenvalue weighted by molar-refractivity contribution is -0.138.